The van der Waals surface area contributed by atoms with Crippen LogP contribution in [0, 0.1) is 11.8 Å². The number of nitrogens with one attached hydrogen (secondary N) is 3. The van der Waals surface area contributed by atoms with Gasteiger partial charge >= 0.3 is 6.03 Å². The lowest BCUT2D eigenvalue weighted by atomic mass is 9.88. The zero-order valence-electron chi connectivity index (χ0n) is 20.4. The van der Waals surface area contributed by atoms with Crippen LogP contribution in [0.1, 0.15) is 37.0 Å². The Morgan fingerprint density at radius 3 is 2.53 bits per heavy atom. The van der Waals surface area contributed by atoms with E-state index in [0.717, 1.165) is 0 Å². The zero-order valence-corrected chi connectivity index (χ0v) is 21.1. The number of urea groups is 1. The van der Waals surface area contributed by atoms with Gasteiger partial charge in [0.2, 0.25) is 12.7 Å². The van der Waals surface area contributed by atoms with Gasteiger partial charge < -0.3 is 30.3 Å². The molecule has 2 aromatic carbocycles. The van der Waals surface area contributed by atoms with Gasteiger partial charge in [0.05, 0.1) is 0 Å². The van der Waals surface area contributed by atoms with Crippen LogP contribution in [0.4, 0.5) is 10.5 Å². The van der Waals surface area contributed by atoms with Crippen LogP contribution < -0.4 is 25.4 Å². The Bertz CT molecular complexity index is 1120. The average Bonchev–Trinajstić information content (AvgIpc) is 3.34. The van der Waals surface area contributed by atoms with E-state index in [1.807, 2.05) is 13.8 Å². The van der Waals surface area contributed by atoms with E-state index in [-0.39, 0.29) is 36.5 Å². The quantitative estimate of drug-likeness (QED) is 0.519. The number of carbonyl (C=O) groups excluding carboxylic acids is 3. The van der Waals surface area contributed by atoms with Crippen molar-refractivity contribution in [3.63, 3.8) is 0 Å². The monoisotopic (exact) mass is 514 g/mol. The molecule has 4 rings (SSSR count). The fraction of sp³-hybridized carbons (Fsp3) is 0.423. The number of nitrogens with zero attached hydrogens (tertiary/aromatic N) is 1. The van der Waals surface area contributed by atoms with Crippen LogP contribution in [0.25, 0.3) is 0 Å². The lowest BCUT2D eigenvalue weighted by Crippen LogP contribution is -2.54. The number of piperidine rings is 1. The summed E-state index contributed by atoms with van der Waals surface area (Å²) >= 11 is 6.01. The lowest BCUT2D eigenvalue weighted by molar-refractivity contribution is -0.124. The molecule has 2 heterocycles. The molecule has 0 aliphatic carbocycles. The van der Waals surface area contributed by atoms with Gasteiger partial charge in [0.1, 0.15) is 6.04 Å². The first-order chi connectivity index (χ1) is 17.3. The third-order valence-electron chi connectivity index (χ3n) is 6.26. The van der Waals surface area contributed by atoms with Crippen LogP contribution in [0.15, 0.2) is 42.5 Å². The highest BCUT2D eigenvalue weighted by Gasteiger charge is 2.34. The molecule has 0 aromatic heterocycles. The van der Waals surface area contributed by atoms with Gasteiger partial charge in [0.15, 0.2) is 11.5 Å². The van der Waals surface area contributed by atoms with Gasteiger partial charge in [-0.1, -0.05) is 31.5 Å². The number of anilines is 1. The summed E-state index contributed by atoms with van der Waals surface area (Å²) in [4.78, 5) is 40.6. The number of ether oxygens (including phenoxy) is 2. The molecule has 9 nitrogen and oxygen atoms in total. The van der Waals surface area contributed by atoms with Crippen LogP contribution in [0.2, 0.25) is 5.02 Å². The normalized spacial score (nSPS) is 15.9. The molecule has 36 heavy (non-hydrogen) atoms. The highest BCUT2D eigenvalue weighted by Crippen LogP contribution is 2.32. The van der Waals surface area contributed by atoms with Crippen molar-refractivity contribution in [3.8, 4) is 11.5 Å². The summed E-state index contributed by atoms with van der Waals surface area (Å²) < 4.78 is 10.7. The predicted molar refractivity (Wildman–Crippen MR) is 136 cm³/mol. The summed E-state index contributed by atoms with van der Waals surface area (Å²) in [6.45, 7) is 5.57. The number of hydrogen-bond acceptors (Lipinski definition) is 5. The number of carbonyl (C=O) groups is 3. The molecule has 1 unspecified atom stereocenters. The second-order valence-corrected chi connectivity index (χ2v) is 9.86. The maximum atomic E-state index is 13.1. The Labute approximate surface area is 215 Å². The number of likely N-dealkylation sites (tertiary alicyclic amines) is 1. The van der Waals surface area contributed by atoms with Crippen molar-refractivity contribution < 1.29 is 23.9 Å². The third-order valence-corrected chi connectivity index (χ3v) is 6.50. The fourth-order valence-electron chi connectivity index (χ4n) is 4.28. The van der Waals surface area contributed by atoms with Gasteiger partial charge in [0, 0.05) is 35.9 Å². The third kappa shape index (κ3) is 6.40. The minimum atomic E-state index is -0.722. The van der Waals surface area contributed by atoms with E-state index >= 15 is 0 Å². The van der Waals surface area contributed by atoms with Gasteiger partial charge in [-0.2, -0.15) is 0 Å². The first-order valence-electron chi connectivity index (χ1n) is 12.1. The molecule has 2 aromatic rings. The molecule has 192 valence electrons. The first-order valence-corrected chi connectivity index (χ1v) is 12.5. The molecule has 0 radical (unpaired) electrons. The number of rotatable bonds is 7. The summed E-state index contributed by atoms with van der Waals surface area (Å²) in [5.41, 5.74) is 1.01. The van der Waals surface area contributed by atoms with Crippen molar-refractivity contribution in [2.24, 2.45) is 11.8 Å². The second-order valence-electron chi connectivity index (χ2n) is 9.42. The number of hydrogen-bond donors (Lipinski definition) is 3. The van der Waals surface area contributed by atoms with E-state index < -0.39 is 6.04 Å². The van der Waals surface area contributed by atoms with Crippen molar-refractivity contribution in [2.75, 3.05) is 31.7 Å². The smallest absolute Gasteiger partial charge is 0.321 e. The molecule has 1 fully saturated rings. The van der Waals surface area contributed by atoms with Crippen LogP contribution in [0.3, 0.4) is 0 Å². The van der Waals surface area contributed by atoms with Gasteiger partial charge in [-0.15, -0.1) is 0 Å². The molecule has 4 amide bonds. The molecular formula is C26H31ClN4O5. The van der Waals surface area contributed by atoms with E-state index in [9.17, 15) is 14.4 Å². The number of fused-ring (bicyclic) bond motifs is 1. The molecular weight excluding hydrogens is 484 g/mol. The standard InChI is InChI=1S/C26H31ClN4O5/c1-16(2)14-28-25(33)23(30-24(32)18-6-7-21-22(12-18)36-15-35-21)17-8-10-31(11-9-17)26(34)29-20-5-3-4-19(27)13-20/h3-7,12-13,16-17,23H,8-11,14-15H2,1-2H3,(H,28,33)(H,29,34)(H,30,32). The van der Waals surface area contributed by atoms with Crippen LogP contribution in [0.5, 0.6) is 11.5 Å². The Hall–Kier alpha value is -3.46. The Morgan fingerprint density at radius 1 is 1.06 bits per heavy atom. The summed E-state index contributed by atoms with van der Waals surface area (Å²) in [7, 11) is 0. The van der Waals surface area contributed by atoms with Crippen molar-refractivity contribution >= 4 is 35.1 Å². The SMILES string of the molecule is CC(C)CNC(=O)C(NC(=O)c1ccc2c(c1)OCO2)C1CCN(C(=O)Nc2cccc(Cl)c2)CC1. The minimum Gasteiger partial charge on any atom is -0.454 e. The molecule has 10 heteroatoms. The zero-order chi connectivity index (χ0) is 25.7. The van der Waals surface area contributed by atoms with Gasteiger partial charge in [0.25, 0.3) is 5.91 Å². The van der Waals surface area contributed by atoms with Crippen molar-refractivity contribution in [3.05, 3.63) is 53.1 Å². The van der Waals surface area contributed by atoms with Crippen molar-refractivity contribution in [2.45, 2.75) is 32.7 Å². The minimum absolute atomic E-state index is 0.115. The van der Waals surface area contributed by atoms with Crippen LogP contribution >= 0.6 is 11.6 Å². The maximum Gasteiger partial charge on any atom is 0.321 e. The van der Waals surface area contributed by atoms with E-state index in [2.05, 4.69) is 16.0 Å². The van der Waals surface area contributed by atoms with E-state index in [1.165, 1.54) is 0 Å². The average molecular weight is 515 g/mol. The van der Waals surface area contributed by atoms with E-state index in [4.69, 9.17) is 21.1 Å². The van der Waals surface area contributed by atoms with E-state index in [1.54, 1.807) is 47.4 Å². The Balaban J connectivity index is 1.40. The Kier molecular flexibility index (Phi) is 8.20. The molecule has 0 bridgehead atoms. The summed E-state index contributed by atoms with van der Waals surface area (Å²) in [5.74, 6) is 0.656. The highest BCUT2D eigenvalue weighted by molar-refractivity contribution is 6.30. The lowest BCUT2D eigenvalue weighted by Gasteiger charge is -2.36. The highest BCUT2D eigenvalue weighted by atomic mass is 35.5. The van der Waals surface area contributed by atoms with Crippen molar-refractivity contribution in [1.82, 2.24) is 15.5 Å². The second kappa shape index (κ2) is 11.5. The molecule has 1 saturated heterocycles. The molecule has 2 aliphatic rings. The largest absolute Gasteiger partial charge is 0.454 e. The van der Waals surface area contributed by atoms with Gasteiger partial charge in [-0.3, -0.25) is 9.59 Å². The number of amides is 4. The predicted octanol–water partition coefficient (Wildman–Crippen LogP) is 3.88. The van der Waals surface area contributed by atoms with Gasteiger partial charge in [-0.25, -0.2) is 4.79 Å². The maximum absolute atomic E-state index is 13.1. The van der Waals surface area contributed by atoms with Gasteiger partial charge in [-0.05, 0) is 61.1 Å². The molecule has 2 aliphatic heterocycles. The number of benzene rings is 2. The van der Waals surface area contributed by atoms with Crippen LogP contribution in [-0.2, 0) is 4.79 Å². The molecule has 0 saturated carbocycles. The van der Waals surface area contributed by atoms with Crippen LogP contribution in [-0.4, -0.2) is 55.2 Å². The molecule has 1 atom stereocenters. The summed E-state index contributed by atoms with van der Waals surface area (Å²) in [5, 5.41) is 9.27. The topological polar surface area (TPSA) is 109 Å². The van der Waals surface area contributed by atoms with E-state index in [0.29, 0.717) is 60.2 Å². The molecule has 3 N–H and O–H groups in total. The number of halogens is 1. The summed E-state index contributed by atoms with van der Waals surface area (Å²) in [6.07, 6.45) is 1.15. The van der Waals surface area contributed by atoms with Crippen molar-refractivity contribution in [1.29, 1.82) is 0 Å². The summed E-state index contributed by atoms with van der Waals surface area (Å²) in [6, 6.07) is 11.0. The fourth-order valence-corrected chi connectivity index (χ4v) is 4.47. The molecule has 0 spiro atoms. The first kappa shape index (κ1) is 25.6. The Morgan fingerprint density at radius 2 is 1.81 bits per heavy atom.